The van der Waals surface area contributed by atoms with Gasteiger partial charge in [-0.15, -0.1) is 0 Å². The van der Waals surface area contributed by atoms with Gasteiger partial charge in [0.15, 0.2) is 0 Å². The predicted octanol–water partition coefficient (Wildman–Crippen LogP) is 6.49. The van der Waals surface area contributed by atoms with Crippen LogP contribution in [0.25, 0.3) is 0 Å². The summed E-state index contributed by atoms with van der Waals surface area (Å²) in [5.41, 5.74) is 4.68. The van der Waals surface area contributed by atoms with Gasteiger partial charge in [0.1, 0.15) is 17.7 Å². The van der Waals surface area contributed by atoms with E-state index in [-0.39, 0.29) is 11.8 Å². The molecule has 0 saturated carbocycles. The number of rotatable bonds is 11. The number of carbonyl (C=O) groups is 3. The van der Waals surface area contributed by atoms with Gasteiger partial charge in [-0.3, -0.25) is 9.59 Å². The predicted molar refractivity (Wildman–Crippen MR) is 161 cm³/mol. The van der Waals surface area contributed by atoms with Crippen molar-refractivity contribution in [3.05, 3.63) is 64.2 Å². The molecule has 0 fully saturated rings. The topological polar surface area (TPSA) is 87.7 Å². The number of carbonyl (C=O) groups excluding carboxylic acids is 3. The van der Waals surface area contributed by atoms with Crippen LogP contribution in [0.4, 0.5) is 10.5 Å². The Labute approximate surface area is 238 Å². The monoisotopic (exact) mass is 555 g/mol. The van der Waals surface area contributed by atoms with Crippen molar-refractivity contribution in [3.8, 4) is 0 Å². The number of ether oxygens (including phenoxy) is 1. The van der Waals surface area contributed by atoms with E-state index in [0.29, 0.717) is 25.1 Å². The third kappa shape index (κ3) is 9.31. The number of thioether (sulfide) groups is 1. The quantitative estimate of drug-likeness (QED) is 0.331. The van der Waals surface area contributed by atoms with E-state index in [1.807, 2.05) is 77.3 Å². The minimum absolute atomic E-state index is 0.290. The van der Waals surface area contributed by atoms with E-state index in [0.717, 1.165) is 33.5 Å². The summed E-state index contributed by atoms with van der Waals surface area (Å²) < 4.78 is 5.46. The molecule has 214 valence electrons. The summed E-state index contributed by atoms with van der Waals surface area (Å²) in [5.74, 6) is 0.0649. The summed E-state index contributed by atoms with van der Waals surface area (Å²) in [4.78, 5) is 42.6. The zero-order chi connectivity index (χ0) is 29.3. The first-order valence-corrected chi connectivity index (χ1v) is 14.9. The summed E-state index contributed by atoms with van der Waals surface area (Å²) >= 11 is 1.59. The molecule has 0 heterocycles. The van der Waals surface area contributed by atoms with Crippen molar-refractivity contribution in [1.29, 1.82) is 0 Å². The van der Waals surface area contributed by atoms with Crippen molar-refractivity contribution in [2.45, 2.75) is 85.9 Å². The zero-order valence-corrected chi connectivity index (χ0v) is 25.8. The maximum Gasteiger partial charge on any atom is 0.408 e. The van der Waals surface area contributed by atoms with Gasteiger partial charge in [-0.2, -0.15) is 11.8 Å². The lowest BCUT2D eigenvalue weighted by Crippen LogP contribution is -2.53. The van der Waals surface area contributed by atoms with Gasteiger partial charge in [-0.25, -0.2) is 4.79 Å². The van der Waals surface area contributed by atoms with Gasteiger partial charge in [0.2, 0.25) is 5.91 Å². The van der Waals surface area contributed by atoms with Gasteiger partial charge in [0.25, 0.3) is 5.91 Å². The first kappa shape index (κ1) is 32.2. The van der Waals surface area contributed by atoms with E-state index in [4.69, 9.17) is 4.74 Å². The number of benzene rings is 2. The lowest BCUT2D eigenvalue weighted by Gasteiger charge is -2.35. The van der Waals surface area contributed by atoms with Crippen molar-refractivity contribution in [1.82, 2.24) is 10.2 Å². The number of alkyl carbamates (subject to hydrolysis) is 1. The maximum absolute atomic E-state index is 14.2. The van der Waals surface area contributed by atoms with Crippen LogP contribution in [-0.4, -0.2) is 53.0 Å². The number of para-hydroxylation sites is 1. The molecule has 3 amide bonds. The molecule has 8 heteroatoms. The first-order valence-electron chi connectivity index (χ1n) is 13.5. The van der Waals surface area contributed by atoms with Gasteiger partial charge < -0.3 is 20.3 Å². The standard InChI is InChI=1S/C31H45N3O4S/c1-10-17-34(29(36)25(16-18-39-9)32-30(37)38-31(6,7)8)27(24-15-14-20(2)19-23(24)5)28(35)33-26-21(3)12-11-13-22(26)4/h11-15,19,25,27H,10,16-18H2,1-9H3,(H,32,37)(H,33,35). The Kier molecular flexibility index (Phi) is 11.9. The second-order valence-corrected chi connectivity index (χ2v) is 12.0. The summed E-state index contributed by atoms with van der Waals surface area (Å²) in [5, 5.41) is 5.90. The van der Waals surface area contributed by atoms with Gasteiger partial charge in [-0.05, 0) is 95.6 Å². The highest BCUT2D eigenvalue weighted by atomic mass is 32.2. The molecular weight excluding hydrogens is 510 g/mol. The second kappa shape index (κ2) is 14.4. The Bertz CT molecular complexity index is 1140. The van der Waals surface area contributed by atoms with E-state index in [9.17, 15) is 14.4 Å². The fourth-order valence-corrected chi connectivity index (χ4v) is 5.01. The lowest BCUT2D eigenvalue weighted by atomic mass is 9.95. The minimum Gasteiger partial charge on any atom is -0.444 e. The van der Waals surface area contributed by atoms with Crippen molar-refractivity contribution < 1.29 is 19.1 Å². The third-order valence-corrected chi connectivity index (χ3v) is 7.00. The molecule has 2 aromatic carbocycles. The molecule has 0 aliphatic carbocycles. The molecule has 0 radical (unpaired) electrons. The summed E-state index contributed by atoms with van der Waals surface area (Å²) in [6, 6.07) is 10.0. The molecule has 2 atom stereocenters. The molecule has 2 aromatic rings. The number of amides is 3. The SMILES string of the molecule is CCCN(C(=O)C(CCSC)NC(=O)OC(C)(C)C)C(C(=O)Nc1c(C)cccc1C)c1ccc(C)cc1C. The molecule has 0 bridgehead atoms. The van der Waals surface area contributed by atoms with E-state index in [1.54, 1.807) is 37.4 Å². The van der Waals surface area contributed by atoms with Crippen molar-refractivity contribution >= 4 is 35.4 Å². The highest BCUT2D eigenvalue weighted by molar-refractivity contribution is 7.98. The Morgan fingerprint density at radius 1 is 1.00 bits per heavy atom. The van der Waals surface area contributed by atoms with Crippen LogP contribution in [0.1, 0.15) is 74.4 Å². The van der Waals surface area contributed by atoms with E-state index in [2.05, 4.69) is 10.6 Å². The summed E-state index contributed by atoms with van der Waals surface area (Å²) in [6.07, 6.45) is 2.36. The molecule has 7 nitrogen and oxygen atoms in total. The van der Waals surface area contributed by atoms with Gasteiger partial charge in [-0.1, -0.05) is 48.9 Å². The number of hydrogen-bond donors (Lipinski definition) is 2. The molecule has 2 unspecified atom stereocenters. The molecular formula is C31H45N3O4S. The molecule has 0 aliphatic heterocycles. The average molecular weight is 556 g/mol. The Hall–Kier alpha value is -3.00. The van der Waals surface area contributed by atoms with E-state index in [1.165, 1.54) is 0 Å². The molecule has 2 N–H and O–H groups in total. The van der Waals surface area contributed by atoms with Crippen LogP contribution in [-0.2, 0) is 14.3 Å². The average Bonchev–Trinajstić information content (AvgIpc) is 2.83. The summed E-state index contributed by atoms with van der Waals surface area (Å²) in [7, 11) is 0. The number of hydrogen-bond acceptors (Lipinski definition) is 5. The largest absolute Gasteiger partial charge is 0.444 e. The highest BCUT2D eigenvalue weighted by Gasteiger charge is 2.36. The van der Waals surface area contributed by atoms with Gasteiger partial charge in [0, 0.05) is 12.2 Å². The highest BCUT2D eigenvalue weighted by Crippen LogP contribution is 2.30. The Balaban J connectivity index is 2.57. The number of anilines is 1. The zero-order valence-electron chi connectivity index (χ0n) is 24.9. The summed E-state index contributed by atoms with van der Waals surface area (Å²) in [6.45, 7) is 15.5. The van der Waals surface area contributed by atoms with Crippen molar-refractivity contribution in [3.63, 3.8) is 0 Å². The molecule has 0 aliphatic rings. The molecule has 39 heavy (non-hydrogen) atoms. The smallest absolute Gasteiger partial charge is 0.408 e. The van der Waals surface area contributed by atoms with Crippen molar-refractivity contribution in [2.75, 3.05) is 23.9 Å². The van der Waals surface area contributed by atoms with Crippen molar-refractivity contribution in [2.24, 2.45) is 0 Å². The van der Waals surface area contributed by atoms with Gasteiger partial charge in [0.05, 0.1) is 0 Å². The molecule has 0 saturated heterocycles. The Morgan fingerprint density at radius 3 is 2.18 bits per heavy atom. The first-order chi connectivity index (χ1) is 18.3. The van der Waals surface area contributed by atoms with Crippen LogP contribution in [0, 0.1) is 27.7 Å². The van der Waals surface area contributed by atoms with Crippen LogP contribution in [0.15, 0.2) is 36.4 Å². The third-order valence-electron chi connectivity index (χ3n) is 6.36. The van der Waals surface area contributed by atoms with E-state index >= 15 is 0 Å². The molecule has 0 aromatic heterocycles. The Morgan fingerprint density at radius 2 is 1.64 bits per heavy atom. The number of nitrogens with zero attached hydrogens (tertiary/aromatic N) is 1. The minimum atomic E-state index is -0.880. The normalized spacial score (nSPS) is 12.8. The fourth-order valence-electron chi connectivity index (χ4n) is 4.54. The van der Waals surface area contributed by atoms with Crippen LogP contribution >= 0.6 is 11.8 Å². The molecule has 0 spiro atoms. The van der Waals surface area contributed by atoms with Crippen LogP contribution in [0.3, 0.4) is 0 Å². The second-order valence-electron chi connectivity index (χ2n) is 11.0. The van der Waals surface area contributed by atoms with E-state index < -0.39 is 23.8 Å². The van der Waals surface area contributed by atoms with Crippen LogP contribution in [0.2, 0.25) is 0 Å². The van der Waals surface area contributed by atoms with Gasteiger partial charge >= 0.3 is 6.09 Å². The fraction of sp³-hybridized carbons (Fsp3) is 0.516. The lowest BCUT2D eigenvalue weighted by molar-refractivity contribution is -0.140. The number of aryl methyl sites for hydroxylation is 4. The van der Waals surface area contributed by atoms with Crippen LogP contribution < -0.4 is 10.6 Å². The molecule has 2 rings (SSSR count). The maximum atomic E-state index is 14.2. The van der Waals surface area contributed by atoms with Crippen LogP contribution in [0.5, 0.6) is 0 Å². The number of nitrogens with one attached hydrogen (secondary N) is 2.